The first-order valence-electron chi connectivity index (χ1n) is 4.85. The standard InChI is InChI=1S/C9H21NO3S2/c1-8(6-9(2,10)7-11)14-4-5-15(3,12)13/h8,11H,4-7,10H2,1-3H3. The number of aliphatic hydroxyl groups is 1. The molecule has 0 aromatic rings. The van der Waals surface area contributed by atoms with Gasteiger partial charge in [-0.15, -0.1) is 0 Å². The van der Waals surface area contributed by atoms with Crippen LogP contribution in [0.25, 0.3) is 0 Å². The highest BCUT2D eigenvalue weighted by Crippen LogP contribution is 2.20. The second-order valence-corrected chi connectivity index (χ2v) is 8.13. The lowest BCUT2D eigenvalue weighted by atomic mass is 9.99. The summed E-state index contributed by atoms with van der Waals surface area (Å²) in [5, 5.41) is 9.23. The molecule has 0 saturated heterocycles. The van der Waals surface area contributed by atoms with E-state index in [1.165, 1.54) is 6.26 Å². The van der Waals surface area contributed by atoms with E-state index in [1.807, 2.05) is 6.92 Å². The van der Waals surface area contributed by atoms with Crippen molar-refractivity contribution in [2.24, 2.45) is 5.73 Å². The summed E-state index contributed by atoms with van der Waals surface area (Å²) in [4.78, 5) is 0. The molecule has 4 nitrogen and oxygen atoms in total. The van der Waals surface area contributed by atoms with E-state index in [9.17, 15) is 8.42 Å². The van der Waals surface area contributed by atoms with Crippen LogP contribution in [0.5, 0.6) is 0 Å². The number of aliphatic hydroxyl groups excluding tert-OH is 1. The number of hydrogen-bond donors (Lipinski definition) is 2. The Morgan fingerprint density at radius 3 is 2.47 bits per heavy atom. The first-order valence-corrected chi connectivity index (χ1v) is 7.96. The molecule has 15 heavy (non-hydrogen) atoms. The van der Waals surface area contributed by atoms with Crippen molar-refractivity contribution >= 4 is 21.6 Å². The van der Waals surface area contributed by atoms with Crippen molar-refractivity contribution in [2.75, 3.05) is 24.4 Å². The molecule has 0 aliphatic heterocycles. The van der Waals surface area contributed by atoms with Crippen LogP contribution in [0.4, 0.5) is 0 Å². The van der Waals surface area contributed by atoms with Crippen molar-refractivity contribution in [1.29, 1.82) is 0 Å². The molecule has 0 aliphatic carbocycles. The van der Waals surface area contributed by atoms with Gasteiger partial charge in [0.05, 0.1) is 12.4 Å². The third-order valence-electron chi connectivity index (χ3n) is 1.97. The van der Waals surface area contributed by atoms with Crippen LogP contribution < -0.4 is 5.73 Å². The predicted molar refractivity (Wildman–Crippen MR) is 65.9 cm³/mol. The van der Waals surface area contributed by atoms with E-state index in [0.717, 1.165) is 0 Å². The first-order chi connectivity index (χ1) is 6.66. The monoisotopic (exact) mass is 255 g/mol. The topological polar surface area (TPSA) is 80.4 Å². The first kappa shape index (κ1) is 15.2. The second kappa shape index (κ2) is 6.08. The molecule has 0 heterocycles. The van der Waals surface area contributed by atoms with Gasteiger partial charge in [0.25, 0.3) is 0 Å². The summed E-state index contributed by atoms with van der Waals surface area (Å²) >= 11 is 1.58. The Bertz CT molecular complexity index is 275. The predicted octanol–water partition coefficient (Wildman–Crippen LogP) is 0.252. The summed E-state index contributed by atoms with van der Waals surface area (Å²) in [7, 11) is -2.87. The van der Waals surface area contributed by atoms with Crippen LogP contribution in [-0.4, -0.2) is 48.7 Å². The van der Waals surface area contributed by atoms with E-state index in [-0.39, 0.29) is 17.6 Å². The molecule has 0 fully saturated rings. The maximum Gasteiger partial charge on any atom is 0.148 e. The van der Waals surface area contributed by atoms with Crippen molar-refractivity contribution in [3.63, 3.8) is 0 Å². The molecule has 0 amide bonds. The lowest BCUT2D eigenvalue weighted by Gasteiger charge is -2.25. The molecular formula is C9H21NO3S2. The highest BCUT2D eigenvalue weighted by molar-refractivity contribution is 8.01. The third kappa shape index (κ3) is 9.17. The quantitative estimate of drug-likeness (QED) is 0.682. The van der Waals surface area contributed by atoms with E-state index in [4.69, 9.17) is 10.8 Å². The number of rotatable bonds is 7. The molecule has 0 rings (SSSR count). The van der Waals surface area contributed by atoms with E-state index < -0.39 is 15.4 Å². The molecule has 0 radical (unpaired) electrons. The minimum absolute atomic E-state index is 0.0516. The van der Waals surface area contributed by atoms with Gasteiger partial charge in [-0.1, -0.05) is 6.92 Å². The Morgan fingerprint density at radius 2 is 2.07 bits per heavy atom. The molecule has 2 atom stereocenters. The zero-order valence-corrected chi connectivity index (χ0v) is 11.2. The van der Waals surface area contributed by atoms with E-state index in [1.54, 1.807) is 18.7 Å². The number of sulfone groups is 1. The van der Waals surface area contributed by atoms with Gasteiger partial charge < -0.3 is 10.8 Å². The van der Waals surface area contributed by atoms with Gasteiger partial charge in [-0.25, -0.2) is 8.42 Å². The Balaban J connectivity index is 3.81. The molecule has 0 saturated carbocycles. The fraction of sp³-hybridized carbons (Fsp3) is 1.00. The SMILES string of the molecule is CC(CC(C)(N)CO)SCCS(C)(=O)=O. The highest BCUT2D eigenvalue weighted by Gasteiger charge is 2.20. The Hall–Kier alpha value is 0.220. The normalized spacial score (nSPS) is 18.5. The molecule has 0 aromatic carbocycles. The van der Waals surface area contributed by atoms with Gasteiger partial charge in [0.2, 0.25) is 0 Å². The van der Waals surface area contributed by atoms with Crippen LogP contribution in [0.1, 0.15) is 20.3 Å². The fourth-order valence-electron chi connectivity index (χ4n) is 1.18. The van der Waals surface area contributed by atoms with Gasteiger partial charge in [-0.2, -0.15) is 11.8 Å². The van der Waals surface area contributed by atoms with Gasteiger partial charge >= 0.3 is 0 Å². The van der Waals surface area contributed by atoms with Crippen LogP contribution in [0, 0.1) is 0 Å². The Kier molecular flexibility index (Phi) is 6.17. The van der Waals surface area contributed by atoms with Crippen molar-refractivity contribution in [3.8, 4) is 0 Å². The molecule has 0 aromatic heterocycles. The minimum Gasteiger partial charge on any atom is -0.394 e. The average Bonchev–Trinajstić information content (AvgIpc) is 2.00. The summed E-state index contributed by atoms with van der Waals surface area (Å²) in [5.74, 6) is 0.782. The summed E-state index contributed by atoms with van der Waals surface area (Å²) in [5.41, 5.74) is 5.22. The third-order valence-corrected chi connectivity index (χ3v) is 4.35. The largest absolute Gasteiger partial charge is 0.394 e. The summed E-state index contributed by atoms with van der Waals surface area (Å²) < 4.78 is 21.8. The molecule has 0 bridgehead atoms. The number of thioether (sulfide) groups is 1. The lowest BCUT2D eigenvalue weighted by Crippen LogP contribution is -2.42. The fourth-order valence-corrected chi connectivity index (χ4v) is 3.68. The van der Waals surface area contributed by atoms with Gasteiger partial charge in [0, 0.05) is 22.8 Å². The van der Waals surface area contributed by atoms with Gasteiger partial charge in [-0.3, -0.25) is 0 Å². The summed E-state index contributed by atoms with van der Waals surface area (Å²) in [6, 6.07) is 0. The van der Waals surface area contributed by atoms with Crippen LogP contribution in [0.15, 0.2) is 0 Å². The zero-order valence-electron chi connectivity index (χ0n) is 9.56. The van der Waals surface area contributed by atoms with Gasteiger partial charge in [-0.05, 0) is 13.3 Å². The minimum atomic E-state index is -2.87. The maximum atomic E-state index is 10.9. The van der Waals surface area contributed by atoms with Crippen LogP contribution in [-0.2, 0) is 9.84 Å². The summed E-state index contributed by atoms with van der Waals surface area (Å²) in [6.07, 6.45) is 1.91. The van der Waals surface area contributed by atoms with Crippen molar-refractivity contribution in [3.05, 3.63) is 0 Å². The molecule has 3 N–H and O–H groups in total. The average molecular weight is 255 g/mol. The van der Waals surface area contributed by atoms with Crippen molar-refractivity contribution < 1.29 is 13.5 Å². The maximum absolute atomic E-state index is 10.9. The van der Waals surface area contributed by atoms with E-state index in [2.05, 4.69) is 0 Å². The van der Waals surface area contributed by atoms with Gasteiger partial charge in [0.1, 0.15) is 9.84 Å². The Labute approximate surface area is 96.5 Å². The highest BCUT2D eigenvalue weighted by atomic mass is 32.2. The molecule has 92 valence electrons. The van der Waals surface area contributed by atoms with Crippen LogP contribution in [0.3, 0.4) is 0 Å². The smallest absolute Gasteiger partial charge is 0.148 e. The van der Waals surface area contributed by atoms with Crippen LogP contribution >= 0.6 is 11.8 Å². The lowest BCUT2D eigenvalue weighted by molar-refractivity contribution is 0.201. The molecule has 6 heteroatoms. The molecular weight excluding hydrogens is 234 g/mol. The van der Waals surface area contributed by atoms with E-state index in [0.29, 0.717) is 12.2 Å². The van der Waals surface area contributed by atoms with Gasteiger partial charge in [0.15, 0.2) is 0 Å². The van der Waals surface area contributed by atoms with E-state index >= 15 is 0 Å². The van der Waals surface area contributed by atoms with Crippen LogP contribution in [0.2, 0.25) is 0 Å². The number of nitrogens with two attached hydrogens (primary N) is 1. The van der Waals surface area contributed by atoms with Crippen molar-refractivity contribution in [1.82, 2.24) is 0 Å². The zero-order chi connectivity index (χ0) is 12.1. The van der Waals surface area contributed by atoms with Crippen molar-refractivity contribution in [2.45, 2.75) is 31.1 Å². The molecule has 0 aliphatic rings. The number of hydrogen-bond acceptors (Lipinski definition) is 5. The molecule has 0 spiro atoms. The molecule has 2 unspecified atom stereocenters. The second-order valence-electron chi connectivity index (χ2n) is 4.33. The Morgan fingerprint density at radius 1 is 1.53 bits per heavy atom. The summed E-state index contributed by atoms with van der Waals surface area (Å²) in [6.45, 7) is 3.73.